The molecule has 0 aliphatic carbocycles. The van der Waals surface area contributed by atoms with Gasteiger partial charge >= 0.3 is 0 Å². The zero-order valence-electron chi connectivity index (χ0n) is 17.5. The summed E-state index contributed by atoms with van der Waals surface area (Å²) in [6.07, 6.45) is 3.12. The first kappa shape index (κ1) is 21.7. The highest BCUT2D eigenvalue weighted by Crippen LogP contribution is 2.20. The van der Waals surface area contributed by atoms with Gasteiger partial charge in [0.15, 0.2) is 5.11 Å². The minimum absolute atomic E-state index is 0.0641. The molecule has 1 aliphatic heterocycles. The standard InChI is InChI=1S/C22H31N3O3S/c1-15-7-8-17-12-18(21(26)24-20(17)16(15)2)13-25(14-19-6-4-11-28-19)22(29)23-9-5-10-27-3/h7-8,12,19H,4-6,9-11,13-14H2,1-3H3,(H,23,29)(H,24,26)/t19-/m0/s1. The molecule has 1 atom stereocenters. The van der Waals surface area contributed by atoms with Crippen LogP contribution >= 0.6 is 12.2 Å². The molecule has 0 bridgehead atoms. The van der Waals surface area contributed by atoms with E-state index in [1.54, 1.807) is 7.11 Å². The van der Waals surface area contributed by atoms with Crippen LogP contribution in [0.2, 0.25) is 0 Å². The molecule has 2 N–H and O–H groups in total. The minimum Gasteiger partial charge on any atom is -0.385 e. The maximum Gasteiger partial charge on any atom is 0.253 e. The van der Waals surface area contributed by atoms with E-state index in [-0.39, 0.29) is 11.7 Å². The van der Waals surface area contributed by atoms with Gasteiger partial charge in [0, 0.05) is 39.0 Å². The summed E-state index contributed by atoms with van der Waals surface area (Å²) in [5.74, 6) is 0. The van der Waals surface area contributed by atoms with Gasteiger partial charge in [-0.15, -0.1) is 0 Å². The Morgan fingerprint density at radius 1 is 1.41 bits per heavy atom. The summed E-state index contributed by atoms with van der Waals surface area (Å²) in [6, 6.07) is 6.13. The lowest BCUT2D eigenvalue weighted by Crippen LogP contribution is -2.44. The first-order valence-corrected chi connectivity index (χ1v) is 10.7. The molecule has 1 saturated heterocycles. The molecule has 1 aromatic heterocycles. The van der Waals surface area contributed by atoms with E-state index < -0.39 is 0 Å². The number of methoxy groups -OCH3 is 1. The number of fused-ring (bicyclic) bond motifs is 1. The highest BCUT2D eigenvalue weighted by atomic mass is 32.1. The Balaban J connectivity index is 1.80. The number of nitrogens with zero attached hydrogens (tertiary/aromatic N) is 1. The Labute approximate surface area is 177 Å². The normalized spacial score (nSPS) is 16.3. The van der Waals surface area contributed by atoms with Crippen LogP contribution in [0, 0.1) is 13.8 Å². The predicted molar refractivity (Wildman–Crippen MR) is 121 cm³/mol. The van der Waals surface area contributed by atoms with Gasteiger partial charge < -0.3 is 24.7 Å². The Bertz CT molecular complexity index is 906. The largest absolute Gasteiger partial charge is 0.385 e. The summed E-state index contributed by atoms with van der Waals surface area (Å²) < 4.78 is 10.9. The first-order valence-electron chi connectivity index (χ1n) is 10.2. The molecule has 7 heteroatoms. The summed E-state index contributed by atoms with van der Waals surface area (Å²) in [7, 11) is 1.69. The van der Waals surface area contributed by atoms with Gasteiger partial charge in [0.2, 0.25) is 0 Å². The molecule has 0 unspecified atom stereocenters. The molecule has 0 amide bonds. The molecule has 3 rings (SSSR count). The van der Waals surface area contributed by atoms with Crippen molar-refractivity contribution in [3.8, 4) is 0 Å². The number of thiocarbonyl (C=S) groups is 1. The van der Waals surface area contributed by atoms with Gasteiger partial charge in [0.05, 0.1) is 18.2 Å². The van der Waals surface area contributed by atoms with Gasteiger partial charge in [-0.1, -0.05) is 12.1 Å². The number of H-pyrrole nitrogens is 1. The number of pyridine rings is 1. The second-order valence-corrected chi connectivity index (χ2v) is 8.08. The van der Waals surface area contributed by atoms with Gasteiger partial charge in [-0.3, -0.25) is 4.79 Å². The second-order valence-electron chi connectivity index (χ2n) is 7.69. The molecular weight excluding hydrogens is 386 g/mol. The number of aryl methyl sites for hydroxylation is 2. The topological polar surface area (TPSA) is 66.6 Å². The molecule has 29 heavy (non-hydrogen) atoms. The van der Waals surface area contributed by atoms with E-state index in [0.29, 0.717) is 30.4 Å². The molecule has 1 aromatic carbocycles. The predicted octanol–water partition coefficient (Wildman–Crippen LogP) is 3.04. The molecule has 0 radical (unpaired) electrons. The van der Waals surface area contributed by atoms with Gasteiger partial charge in [0.25, 0.3) is 5.56 Å². The zero-order valence-corrected chi connectivity index (χ0v) is 18.4. The second kappa shape index (κ2) is 10.2. The Morgan fingerprint density at radius 3 is 2.97 bits per heavy atom. The van der Waals surface area contributed by atoms with Crippen molar-refractivity contribution in [3.63, 3.8) is 0 Å². The molecule has 2 heterocycles. The summed E-state index contributed by atoms with van der Waals surface area (Å²) in [5, 5.41) is 4.98. The molecule has 1 aliphatic rings. The van der Waals surface area contributed by atoms with E-state index in [0.717, 1.165) is 48.9 Å². The monoisotopic (exact) mass is 417 g/mol. The molecule has 1 fully saturated rings. The quantitative estimate of drug-likeness (QED) is 0.508. The number of aromatic amines is 1. The van der Waals surface area contributed by atoms with Crippen LogP contribution in [0.3, 0.4) is 0 Å². The molecule has 158 valence electrons. The van der Waals surface area contributed by atoms with E-state index in [9.17, 15) is 4.79 Å². The maximum absolute atomic E-state index is 12.8. The Kier molecular flexibility index (Phi) is 7.64. The van der Waals surface area contributed by atoms with Crippen molar-refractivity contribution in [3.05, 3.63) is 45.2 Å². The van der Waals surface area contributed by atoms with Crippen molar-refractivity contribution in [2.24, 2.45) is 0 Å². The van der Waals surface area contributed by atoms with E-state index in [4.69, 9.17) is 21.7 Å². The van der Waals surface area contributed by atoms with Crippen molar-refractivity contribution in [1.29, 1.82) is 0 Å². The third kappa shape index (κ3) is 5.56. The molecular formula is C22H31N3O3S. The summed E-state index contributed by atoms with van der Waals surface area (Å²) in [4.78, 5) is 17.9. The zero-order chi connectivity index (χ0) is 20.8. The number of rotatable bonds is 8. The van der Waals surface area contributed by atoms with Gasteiger partial charge in [-0.2, -0.15) is 0 Å². The van der Waals surface area contributed by atoms with Crippen LogP contribution in [0.15, 0.2) is 23.0 Å². The lowest BCUT2D eigenvalue weighted by molar-refractivity contribution is 0.0896. The molecule has 0 spiro atoms. The van der Waals surface area contributed by atoms with Crippen molar-refractivity contribution >= 4 is 28.2 Å². The Morgan fingerprint density at radius 2 is 2.24 bits per heavy atom. The summed E-state index contributed by atoms with van der Waals surface area (Å²) >= 11 is 5.64. The number of ether oxygens (including phenoxy) is 2. The fourth-order valence-electron chi connectivity index (χ4n) is 3.67. The van der Waals surface area contributed by atoms with E-state index in [1.807, 2.05) is 13.0 Å². The lowest BCUT2D eigenvalue weighted by atomic mass is 10.0. The maximum atomic E-state index is 12.8. The summed E-state index contributed by atoms with van der Waals surface area (Å²) in [5.41, 5.74) is 3.83. The number of hydrogen-bond donors (Lipinski definition) is 2. The average Bonchev–Trinajstić information content (AvgIpc) is 3.22. The van der Waals surface area contributed by atoms with Crippen LogP contribution in [0.25, 0.3) is 10.9 Å². The smallest absolute Gasteiger partial charge is 0.253 e. The van der Waals surface area contributed by atoms with Crippen LogP contribution in [-0.2, 0) is 16.0 Å². The number of hydrogen-bond acceptors (Lipinski definition) is 4. The number of aromatic nitrogens is 1. The first-order chi connectivity index (χ1) is 14.0. The van der Waals surface area contributed by atoms with Crippen molar-refractivity contribution in [2.45, 2.75) is 45.8 Å². The third-order valence-corrected chi connectivity index (χ3v) is 5.93. The highest BCUT2D eigenvalue weighted by molar-refractivity contribution is 7.80. The Hall–Kier alpha value is -1.96. The van der Waals surface area contributed by atoms with Crippen LogP contribution in [0.5, 0.6) is 0 Å². The average molecular weight is 418 g/mol. The summed E-state index contributed by atoms with van der Waals surface area (Å²) in [6.45, 7) is 7.44. The van der Waals surface area contributed by atoms with Gasteiger partial charge in [-0.25, -0.2) is 0 Å². The highest BCUT2D eigenvalue weighted by Gasteiger charge is 2.22. The van der Waals surface area contributed by atoms with Crippen LogP contribution in [0.1, 0.15) is 36.0 Å². The third-order valence-electron chi connectivity index (χ3n) is 5.53. The molecule has 2 aromatic rings. The SMILES string of the molecule is COCCCNC(=S)N(Cc1cc2ccc(C)c(C)c2[nH]c1=O)C[C@@H]1CCCO1. The fourth-order valence-corrected chi connectivity index (χ4v) is 3.91. The molecule has 0 saturated carbocycles. The van der Waals surface area contributed by atoms with E-state index in [2.05, 4.69) is 34.3 Å². The van der Waals surface area contributed by atoms with Gasteiger partial charge in [0.1, 0.15) is 0 Å². The number of nitrogens with one attached hydrogen (secondary N) is 2. The van der Waals surface area contributed by atoms with Crippen molar-refractivity contribution in [2.75, 3.05) is 33.4 Å². The van der Waals surface area contributed by atoms with Crippen molar-refractivity contribution in [1.82, 2.24) is 15.2 Å². The van der Waals surface area contributed by atoms with E-state index in [1.165, 1.54) is 5.56 Å². The van der Waals surface area contributed by atoms with Gasteiger partial charge in [-0.05, 0) is 67.9 Å². The van der Waals surface area contributed by atoms with Crippen LogP contribution in [-0.4, -0.2) is 54.5 Å². The molecule has 6 nitrogen and oxygen atoms in total. The minimum atomic E-state index is -0.0641. The van der Waals surface area contributed by atoms with Crippen LogP contribution in [0.4, 0.5) is 0 Å². The lowest BCUT2D eigenvalue weighted by Gasteiger charge is -2.28. The van der Waals surface area contributed by atoms with Crippen molar-refractivity contribution < 1.29 is 9.47 Å². The van der Waals surface area contributed by atoms with E-state index >= 15 is 0 Å². The number of benzene rings is 1. The fraction of sp³-hybridized carbons (Fsp3) is 0.545. The van der Waals surface area contributed by atoms with Crippen LogP contribution < -0.4 is 10.9 Å².